The molecule has 0 aromatic carbocycles. The molecule has 1 saturated heterocycles. The molecule has 0 amide bonds. The molecule has 74 valence electrons. The van der Waals surface area contributed by atoms with Crippen LogP contribution in [0.3, 0.4) is 0 Å². The number of hydrogen-bond donors (Lipinski definition) is 1. The molecule has 0 bridgehead atoms. The van der Waals surface area contributed by atoms with E-state index in [0.29, 0.717) is 18.6 Å². The minimum Gasteiger partial charge on any atom is -0.378 e. The van der Waals surface area contributed by atoms with Crippen molar-refractivity contribution >= 4 is 5.78 Å². The highest BCUT2D eigenvalue weighted by molar-refractivity contribution is 5.79. The molecule has 1 spiro atoms. The first-order valence-electron chi connectivity index (χ1n) is 5.07. The Morgan fingerprint density at radius 2 is 2.00 bits per heavy atom. The fourth-order valence-electron chi connectivity index (χ4n) is 2.68. The third-order valence-corrected chi connectivity index (χ3v) is 3.80. The Morgan fingerprint density at radius 3 is 2.46 bits per heavy atom. The first kappa shape index (κ1) is 9.16. The van der Waals surface area contributed by atoms with Crippen LogP contribution in [0.4, 0.5) is 0 Å². The Labute approximate surface area is 78.7 Å². The van der Waals surface area contributed by atoms with Crippen molar-refractivity contribution in [3.05, 3.63) is 0 Å². The van der Waals surface area contributed by atoms with Gasteiger partial charge >= 0.3 is 0 Å². The average Bonchev–Trinajstić information content (AvgIpc) is 2.40. The van der Waals surface area contributed by atoms with E-state index in [9.17, 15) is 9.90 Å². The Hall–Kier alpha value is -0.410. The van der Waals surface area contributed by atoms with Gasteiger partial charge in [-0.2, -0.15) is 0 Å². The maximum Gasteiger partial charge on any atom is 0.133 e. The van der Waals surface area contributed by atoms with Crippen LogP contribution >= 0.6 is 0 Å². The molecule has 1 atom stereocenters. The molecule has 3 nitrogen and oxygen atoms in total. The van der Waals surface area contributed by atoms with Gasteiger partial charge in [-0.1, -0.05) is 0 Å². The number of nitrogens with zero attached hydrogens (tertiary/aromatic N) is 1. The van der Waals surface area contributed by atoms with Crippen LogP contribution in [0.25, 0.3) is 0 Å². The Kier molecular flexibility index (Phi) is 2.16. The van der Waals surface area contributed by atoms with E-state index >= 15 is 0 Å². The first-order valence-corrected chi connectivity index (χ1v) is 5.07. The summed E-state index contributed by atoms with van der Waals surface area (Å²) in [6.45, 7) is 0. The zero-order valence-electron chi connectivity index (χ0n) is 8.12. The minimum atomic E-state index is -0.284. The van der Waals surface area contributed by atoms with Gasteiger partial charge in [0, 0.05) is 18.4 Å². The van der Waals surface area contributed by atoms with E-state index in [0.717, 1.165) is 25.7 Å². The molecule has 1 unspecified atom stereocenters. The fourth-order valence-corrected chi connectivity index (χ4v) is 2.68. The van der Waals surface area contributed by atoms with Crippen LogP contribution in [0.2, 0.25) is 0 Å². The number of ketones is 1. The van der Waals surface area contributed by atoms with Crippen LogP contribution in [0.5, 0.6) is 0 Å². The number of Topliss-reactive ketones (excluding diaryl/α,β-unsaturated/α-hetero) is 1. The van der Waals surface area contributed by atoms with Gasteiger partial charge in [0.1, 0.15) is 12.0 Å². The molecule has 13 heavy (non-hydrogen) atoms. The third kappa shape index (κ3) is 1.40. The molecule has 0 aromatic heterocycles. The molecule has 1 aliphatic carbocycles. The van der Waals surface area contributed by atoms with Gasteiger partial charge in [-0.3, -0.25) is 9.69 Å². The number of carbonyl (C=O) groups excluding carboxylic acids is 1. The Bertz CT molecular complexity index is 217. The second-order valence-electron chi connectivity index (χ2n) is 4.39. The molecule has 3 heteroatoms. The Morgan fingerprint density at radius 1 is 1.38 bits per heavy atom. The lowest BCUT2D eigenvalue weighted by Crippen LogP contribution is -2.47. The summed E-state index contributed by atoms with van der Waals surface area (Å²) in [7, 11) is 1.98. The maximum absolute atomic E-state index is 11.1. The summed E-state index contributed by atoms with van der Waals surface area (Å²) < 4.78 is 0. The largest absolute Gasteiger partial charge is 0.378 e. The standard InChI is InChI=1S/C10H17NO2/c1-11-9(13)4-7-10(11)5-2-8(12)3-6-10/h9,13H,2-7H2,1H3. The van der Waals surface area contributed by atoms with Gasteiger partial charge in [0.05, 0.1) is 0 Å². The zero-order chi connectivity index (χ0) is 9.47. The topological polar surface area (TPSA) is 40.5 Å². The molecule has 2 fully saturated rings. The van der Waals surface area contributed by atoms with E-state index in [1.54, 1.807) is 0 Å². The lowest BCUT2D eigenvalue weighted by atomic mass is 9.79. The van der Waals surface area contributed by atoms with Crippen LogP contribution in [0, 0.1) is 0 Å². The molecule has 1 N–H and O–H groups in total. The maximum atomic E-state index is 11.1. The lowest BCUT2D eigenvalue weighted by Gasteiger charge is -2.39. The van der Waals surface area contributed by atoms with E-state index in [4.69, 9.17) is 0 Å². The number of hydrogen-bond acceptors (Lipinski definition) is 3. The summed E-state index contributed by atoms with van der Waals surface area (Å²) in [5.41, 5.74) is 0.146. The number of aliphatic hydroxyl groups is 1. The Balaban J connectivity index is 2.09. The van der Waals surface area contributed by atoms with Gasteiger partial charge in [-0.15, -0.1) is 0 Å². The van der Waals surface area contributed by atoms with Crippen molar-refractivity contribution in [1.29, 1.82) is 0 Å². The van der Waals surface area contributed by atoms with E-state index in [1.165, 1.54) is 0 Å². The molecular formula is C10H17NO2. The molecule has 2 rings (SSSR count). The van der Waals surface area contributed by atoms with Crippen molar-refractivity contribution in [1.82, 2.24) is 4.90 Å². The predicted octanol–water partition coefficient (Wildman–Crippen LogP) is 0.912. The molecular weight excluding hydrogens is 166 g/mol. The quantitative estimate of drug-likeness (QED) is 0.607. The van der Waals surface area contributed by atoms with Gasteiger partial charge in [0.2, 0.25) is 0 Å². The van der Waals surface area contributed by atoms with Crippen molar-refractivity contribution in [2.45, 2.75) is 50.3 Å². The van der Waals surface area contributed by atoms with Gasteiger partial charge < -0.3 is 5.11 Å². The summed E-state index contributed by atoms with van der Waals surface area (Å²) >= 11 is 0. The molecule has 0 aromatic rings. The zero-order valence-corrected chi connectivity index (χ0v) is 8.12. The molecule has 1 aliphatic heterocycles. The van der Waals surface area contributed by atoms with Crippen molar-refractivity contribution in [3.8, 4) is 0 Å². The molecule has 0 radical (unpaired) electrons. The average molecular weight is 183 g/mol. The van der Waals surface area contributed by atoms with Crippen molar-refractivity contribution < 1.29 is 9.90 Å². The van der Waals surface area contributed by atoms with Crippen LogP contribution in [0.15, 0.2) is 0 Å². The van der Waals surface area contributed by atoms with Gasteiger partial charge in [-0.05, 0) is 32.7 Å². The predicted molar refractivity (Wildman–Crippen MR) is 49.2 cm³/mol. The number of likely N-dealkylation sites (tertiary alicyclic amines) is 1. The van der Waals surface area contributed by atoms with E-state index in [-0.39, 0.29) is 11.8 Å². The number of carbonyl (C=O) groups is 1. The monoisotopic (exact) mass is 183 g/mol. The SMILES string of the molecule is CN1C(O)CCC12CCC(=O)CC2. The van der Waals surface area contributed by atoms with Gasteiger partial charge in [-0.25, -0.2) is 0 Å². The molecule has 1 heterocycles. The van der Waals surface area contributed by atoms with E-state index < -0.39 is 0 Å². The summed E-state index contributed by atoms with van der Waals surface area (Å²) in [5, 5.41) is 9.62. The highest BCUT2D eigenvalue weighted by atomic mass is 16.3. The van der Waals surface area contributed by atoms with Gasteiger partial charge in [0.25, 0.3) is 0 Å². The van der Waals surface area contributed by atoms with E-state index in [1.807, 2.05) is 7.05 Å². The highest BCUT2D eigenvalue weighted by Gasteiger charge is 2.45. The summed E-state index contributed by atoms with van der Waals surface area (Å²) in [5.74, 6) is 0.389. The van der Waals surface area contributed by atoms with Crippen LogP contribution in [-0.2, 0) is 4.79 Å². The number of aliphatic hydroxyl groups excluding tert-OH is 1. The molecule has 1 saturated carbocycles. The number of rotatable bonds is 0. The fraction of sp³-hybridized carbons (Fsp3) is 0.900. The van der Waals surface area contributed by atoms with Gasteiger partial charge in [0.15, 0.2) is 0 Å². The van der Waals surface area contributed by atoms with E-state index in [2.05, 4.69) is 4.90 Å². The van der Waals surface area contributed by atoms with Crippen molar-refractivity contribution in [3.63, 3.8) is 0 Å². The third-order valence-electron chi connectivity index (χ3n) is 3.80. The van der Waals surface area contributed by atoms with Crippen LogP contribution in [-0.4, -0.2) is 34.6 Å². The summed E-state index contributed by atoms with van der Waals surface area (Å²) in [6.07, 6.45) is 4.93. The van der Waals surface area contributed by atoms with Crippen molar-refractivity contribution in [2.75, 3.05) is 7.05 Å². The van der Waals surface area contributed by atoms with Crippen LogP contribution in [0.1, 0.15) is 38.5 Å². The highest BCUT2D eigenvalue weighted by Crippen LogP contribution is 2.41. The first-order chi connectivity index (χ1) is 6.14. The second-order valence-corrected chi connectivity index (χ2v) is 4.39. The lowest BCUT2D eigenvalue weighted by molar-refractivity contribution is -0.123. The summed E-state index contributed by atoms with van der Waals surface area (Å²) in [6, 6.07) is 0. The molecule has 2 aliphatic rings. The summed E-state index contributed by atoms with van der Waals surface area (Å²) in [4.78, 5) is 13.2. The van der Waals surface area contributed by atoms with Crippen molar-refractivity contribution in [2.24, 2.45) is 0 Å². The van der Waals surface area contributed by atoms with Crippen LogP contribution < -0.4 is 0 Å². The smallest absolute Gasteiger partial charge is 0.133 e. The minimum absolute atomic E-state index is 0.146. The second kappa shape index (κ2) is 3.07. The normalized spacial score (nSPS) is 34.3.